The van der Waals surface area contributed by atoms with Gasteiger partial charge in [0, 0.05) is 20.3 Å². The molecule has 0 saturated carbocycles. The Morgan fingerprint density at radius 1 is 1.29 bits per heavy atom. The number of hydrogen-bond acceptors (Lipinski definition) is 4. The van der Waals surface area contributed by atoms with Crippen molar-refractivity contribution in [1.82, 2.24) is 14.5 Å². The van der Waals surface area contributed by atoms with Crippen LogP contribution in [-0.2, 0) is 18.9 Å². The number of carbonyl (C=O) groups is 2. The molecule has 0 radical (unpaired) electrons. The molecule has 0 aliphatic carbocycles. The maximum Gasteiger partial charge on any atom is 0.330 e. The van der Waals surface area contributed by atoms with E-state index in [-0.39, 0.29) is 17.9 Å². The van der Waals surface area contributed by atoms with Crippen LogP contribution in [0.25, 0.3) is 0 Å². The Balaban J connectivity index is 3.12. The van der Waals surface area contributed by atoms with E-state index in [0.29, 0.717) is 0 Å². The molecular weight excluding hydrogens is 278 g/mol. The summed E-state index contributed by atoms with van der Waals surface area (Å²) in [6, 6.07) is -1.08. The normalized spacial score (nSPS) is 12.2. The SMILES string of the molecule is CC(C)CC(NC(=O)c1cn(C)c(=O)n(C)c1=O)C(=O)O. The minimum absolute atomic E-state index is 0.0642. The summed E-state index contributed by atoms with van der Waals surface area (Å²) in [6.07, 6.45) is 1.35. The minimum atomic E-state index is -1.17. The van der Waals surface area contributed by atoms with Crippen LogP contribution in [0.4, 0.5) is 0 Å². The summed E-state index contributed by atoms with van der Waals surface area (Å²) in [5, 5.41) is 11.4. The van der Waals surface area contributed by atoms with Gasteiger partial charge in [0.15, 0.2) is 0 Å². The van der Waals surface area contributed by atoms with Gasteiger partial charge < -0.3 is 15.0 Å². The Morgan fingerprint density at radius 3 is 2.33 bits per heavy atom. The number of aliphatic carboxylic acids is 1. The molecule has 8 heteroatoms. The van der Waals surface area contributed by atoms with Crippen LogP contribution in [0.3, 0.4) is 0 Å². The summed E-state index contributed by atoms with van der Waals surface area (Å²) in [4.78, 5) is 46.6. The lowest BCUT2D eigenvalue weighted by Crippen LogP contribution is -2.46. The van der Waals surface area contributed by atoms with Gasteiger partial charge in [0.1, 0.15) is 11.6 Å². The van der Waals surface area contributed by atoms with Crippen LogP contribution < -0.4 is 16.6 Å². The molecule has 8 nitrogen and oxygen atoms in total. The molecule has 1 rings (SSSR count). The molecule has 1 aromatic rings. The Hall–Kier alpha value is -2.38. The number of carboxylic acid groups (broad SMARTS) is 1. The molecule has 0 spiro atoms. The van der Waals surface area contributed by atoms with Crippen LogP contribution in [0.1, 0.15) is 30.6 Å². The zero-order chi connectivity index (χ0) is 16.3. The second kappa shape index (κ2) is 6.38. The van der Waals surface area contributed by atoms with E-state index in [1.165, 1.54) is 14.1 Å². The van der Waals surface area contributed by atoms with E-state index < -0.39 is 29.2 Å². The average Bonchev–Trinajstić information content (AvgIpc) is 2.38. The second-order valence-corrected chi connectivity index (χ2v) is 5.29. The van der Waals surface area contributed by atoms with Crippen molar-refractivity contribution < 1.29 is 14.7 Å². The molecule has 1 unspecified atom stereocenters. The molecule has 1 atom stereocenters. The number of nitrogens with one attached hydrogen (secondary N) is 1. The molecule has 0 aromatic carbocycles. The Morgan fingerprint density at radius 2 is 1.86 bits per heavy atom. The number of aromatic nitrogens is 2. The maximum atomic E-state index is 12.1. The van der Waals surface area contributed by atoms with E-state index in [4.69, 9.17) is 5.11 Å². The molecule has 1 amide bonds. The summed E-state index contributed by atoms with van der Waals surface area (Å²) in [7, 11) is 2.66. The van der Waals surface area contributed by atoms with Crippen molar-refractivity contribution in [2.45, 2.75) is 26.3 Å². The Kier molecular flexibility index (Phi) is 5.07. The van der Waals surface area contributed by atoms with Crippen LogP contribution in [0.2, 0.25) is 0 Å². The van der Waals surface area contributed by atoms with Gasteiger partial charge in [-0.25, -0.2) is 9.59 Å². The number of carboxylic acids is 1. The average molecular weight is 297 g/mol. The monoisotopic (exact) mass is 297 g/mol. The zero-order valence-electron chi connectivity index (χ0n) is 12.4. The second-order valence-electron chi connectivity index (χ2n) is 5.29. The molecule has 1 heterocycles. The molecule has 2 N–H and O–H groups in total. The smallest absolute Gasteiger partial charge is 0.330 e. The van der Waals surface area contributed by atoms with Crippen molar-refractivity contribution in [2.24, 2.45) is 20.0 Å². The first kappa shape index (κ1) is 16.7. The van der Waals surface area contributed by atoms with Gasteiger partial charge in [-0.1, -0.05) is 13.8 Å². The lowest BCUT2D eigenvalue weighted by molar-refractivity contribution is -0.139. The zero-order valence-corrected chi connectivity index (χ0v) is 12.4. The van der Waals surface area contributed by atoms with Gasteiger partial charge >= 0.3 is 11.7 Å². The third-order valence-corrected chi connectivity index (χ3v) is 3.00. The van der Waals surface area contributed by atoms with E-state index in [0.717, 1.165) is 15.3 Å². The van der Waals surface area contributed by atoms with E-state index in [2.05, 4.69) is 5.32 Å². The predicted octanol–water partition coefficient (Wildman–Crippen LogP) is -0.687. The third kappa shape index (κ3) is 3.80. The quantitative estimate of drug-likeness (QED) is 0.747. The van der Waals surface area contributed by atoms with Gasteiger partial charge in [0.05, 0.1) is 0 Å². The van der Waals surface area contributed by atoms with Crippen LogP contribution in [0.15, 0.2) is 15.8 Å². The van der Waals surface area contributed by atoms with Crippen molar-refractivity contribution in [3.05, 3.63) is 32.6 Å². The fourth-order valence-electron chi connectivity index (χ4n) is 1.89. The highest BCUT2D eigenvalue weighted by Crippen LogP contribution is 2.05. The molecule has 116 valence electrons. The number of amides is 1. The van der Waals surface area contributed by atoms with Gasteiger partial charge in [-0.2, -0.15) is 0 Å². The predicted molar refractivity (Wildman–Crippen MR) is 75.3 cm³/mol. The topological polar surface area (TPSA) is 110 Å². The molecule has 0 bridgehead atoms. The number of carbonyl (C=O) groups excluding carboxylic acids is 1. The molecule has 21 heavy (non-hydrogen) atoms. The first-order valence-electron chi connectivity index (χ1n) is 6.45. The lowest BCUT2D eigenvalue weighted by atomic mass is 10.0. The molecule has 1 aromatic heterocycles. The van der Waals surface area contributed by atoms with Gasteiger partial charge in [0.2, 0.25) is 0 Å². The summed E-state index contributed by atoms with van der Waals surface area (Å²) in [6.45, 7) is 3.65. The number of nitrogens with zero attached hydrogens (tertiary/aromatic N) is 2. The van der Waals surface area contributed by atoms with E-state index in [1.807, 2.05) is 13.8 Å². The van der Waals surface area contributed by atoms with Crippen LogP contribution in [0, 0.1) is 5.92 Å². The fraction of sp³-hybridized carbons (Fsp3) is 0.538. The molecule has 0 saturated heterocycles. The summed E-state index contributed by atoms with van der Waals surface area (Å²) in [5.41, 5.74) is -1.59. The van der Waals surface area contributed by atoms with Gasteiger partial charge in [-0.15, -0.1) is 0 Å². The maximum absolute atomic E-state index is 12.1. The summed E-state index contributed by atoms with van der Waals surface area (Å²) in [5.74, 6) is -1.91. The molecule has 0 aliphatic rings. The van der Waals surface area contributed by atoms with E-state index >= 15 is 0 Å². The first-order chi connectivity index (χ1) is 9.65. The van der Waals surface area contributed by atoms with Crippen molar-refractivity contribution in [3.63, 3.8) is 0 Å². The van der Waals surface area contributed by atoms with Crippen molar-refractivity contribution in [3.8, 4) is 0 Å². The van der Waals surface area contributed by atoms with Crippen LogP contribution >= 0.6 is 0 Å². The number of rotatable bonds is 5. The van der Waals surface area contributed by atoms with Crippen LogP contribution in [-0.4, -0.2) is 32.2 Å². The van der Waals surface area contributed by atoms with E-state index in [1.54, 1.807) is 0 Å². The van der Waals surface area contributed by atoms with Crippen molar-refractivity contribution in [1.29, 1.82) is 0 Å². The number of aryl methyl sites for hydroxylation is 1. The molecule has 0 fully saturated rings. The largest absolute Gasteiger partial charge is 0.480 e. The standard InChI is InChI=1S/C13H19N3O5/c1-7(2)5-9(12(19)20)14-10(17)8-6-15(3)13(21)16(4)11(8)18/h6-7,9H,5H2,1-4H3,(H,14,17)(H,19,20). The Bertz CT molecular complexity index is 671. The third-order valence-electron chi connectivity index (χ3n) is 3.00. The van der Waals surface area contributed by atoms with Crippen LogP contribution in [0.5, 0.6) is 0 Å². The van der Waals surface area contributed by atoms with Crippen molar-refractivity contribution in [2.75, 3.05) is 0 Å². The van der Waals surface area contributed by atoms with Crippen molar-refractivity contribution >= 4 is 11.9 Å². The summed E-state index contributed by atoms with van der Waals surface area (Å²) >= 11 is 0. The van der Waals surface area contributed by atoms with Gasteiger partial charge in [0.25, 0.3) is 11.5 Å². The van der Waals surface area contributed by atoms with Gasteiger partial charge in [-0.05, 0) is 12.3 Å². The number of hydrogen-bond donors (Lipinski definition) is 2. The molecule has 0 aliphatic heterocycles. The highest BCUT2D eigenvalue weighted by molar-refractivity contribution is 5.96. The minimum Gasteiger partial charge on any atom is -0.480 e. The fourth-order valence-corrected chi connectivity index (χ4v) is 1.89. The Labute approximate surface area is 121 Å². The highest BCUT2D eigenvalue weighted by Gasteiger charge is 2.23. The summed E-state index contributed by atoms with van der Waals surface area (Å²) < 4.78 is 1.89. The highest BCUT2D eigenvalue weighted by atomic mass is 16.4. The van der Waals surface area contributed by atoms with Gasteiger partial charge in [-0.3, -0.25) is 14.2 Å². The van der Waals surface area contributed by atoms with E-state index in [9.17, 15) is 19.2 Å². The first-order valence-corrected chi connectivity index (χ1v) is 6.45. The molecular formula is C13H19N3O5. The lowest BCUT2D eigenvalue weighted by Gasteiger charge is -2.16.